The SMILES string of the molecule is Cc1cc(Nc2ccccc2)c2cc(Cl)ccc2n1.Cl. The van der Waals surface area contributed by atoms with Gasteiger partial charge in [-0.1, -0.05) is 29.8 Å². The Morgan fingerprint density at radius 2 is 1.75 bits per heavy atom. The molecule has 0 fully saturated rings. The number of nitrogens with one attached hydrogen (secondary N) is 1. The van der Waals surface area contributed by atoms with Gasteiger partial charge < -0.3 is 5.32 Å². The summed E-state index contributed by atoms with van der Waals surface area (Å²) in [6, 6.07) is 17.9. The van der Waals surface area contributed by atoms with Crippen molar-refractivity contribution in [3.05, 3.63) is 65.3 Å². The van der Waals surface area contributed by atoms with Gasteiger partial charge in [-0.2, -0.15) is 0 Å². The molecule has 3 rings (SSSR count). The average molecular weight is 305 g/mol. The van der Waals surface area contributed by atoms with Gasteiger partial charge in [0.2, 0.25) is 0 Å². The maximum atomic E-state index is 6.08. The van der Waals surface area contributed by atoms with Crippen molar-refractivity contribution in [2.24, 2.45) is 0 Å². The monoisotopic (exact) mass is 304 g/mol. The van der Waals surface area contributed by atoms with Crippen LogP contribution in [0.4, 0.5) is 11.4 Å². The Balaban J connectivity index is 0.00000147. The van der Waals surface area contributed by atoms with E-state index in [1.165, 1.54) is 0 Å². The summed E-state index contributed by atoms with van der Waals surface area (Å²) in [5, 5.41) is 5.16. The lowest BCUT2D eigenvalue weighted by molar-refractivity contribution is 1.25. The van der Waals surface area contributed by atoms with Gasteiger partial charge in [-0.3, -0.25) is 4.98 Å². The summed E-state index contributed by atoms with van der Waals surface area (Å²) >= 11 is 6.08. The van der Waals surface area contributed by atoms with E-state index in [1.54, 1.807) is 0 Å². The molecule has 0 aliphatic heterocycles. The molecule has 0 unspecified atom stereocenters. The predicted octanol–water partition coefficient (Wildman–Crippen LogP) is 5.36. The zero-order chi connectivity index (χ0) is 13.2. The fourth-order valence-corrected chi connectivity index (χ4v) is 2.28. The molecule has 0 aliphatic rings. The molecule has 0 aliphatic carbocycles. The number of aryl methyl sites for hydroxylation is 1. The van der Waals surface area contributed by atoms with Crippen LogP contribution in [-0.4, -0.2) is 4.98 Å². The molecule has 1 aromatic heterocycles. The standard InChI is InChI=1S/C16H13ClN2.ClH/c1-11-9-16(19-13-5-3-2-4-6-13)14-10-12(17)7-8-15(14)18-11;/h2-10H,1H3,(H,18,19);1H. The lowest BCUT2D eigenvalue weighted by atomic mass is 10.1. The largest absolute Gasteiger partial charge is 0.355 e. The van der Waals surface area contributed by atoms with Crippen LogP contribution in [0.1, 0.15) is 5.69 Å². The number of para-hydroxylation sites is 1. The minimum Gasteiger partial charge on any atom is -0.355 e. The number of pyridine rings is 1. The van der Waals surface area contributed by atoms with E-state index in [0.29, 0.717) is 5.02 Å². The molecular formula is C16H14Cl2N2. The lowest BCUT2D eigenvalue weighted by Gasteiger charge is -2.11. The van der Waals surface area contributed by atoms with Gasteiger partial charge in [0.1, 0.15) is 0 Å². The minimum atomic E-state index is 0. The molecule has 102 valence electrons. The highest BCUT2D eigenvalue weighted by Gasteiger charge is 2.05. The molecule has 2 aromatic carbocycles. The molecule has 1 heterocycles. The van der Waals surface area contributed by atoms with E-state index in [4.69, 9.17) is 11.6 Å². The van der Waals surface area contributed by atoms with Gasteiger partial charge in [0, 0.05) is 27.5 Å². The first kappa shape index (κ1) is 14.6. The highest BCUT2D eigenvalue weighted by Crippen LogP contribution is 2.28. The van der Waals surface area contributed by atoms with Crippen LogP contribution in [0.5, 0.6) is 0 Å². The Hall–Kier alpha value is -1.77. The molecular weight excluding hydrogens is 291 g/mol. The number of hydrogen-bond acceptors (Lipinski definition) is 2. The quantitative estimate of drug-likeness (QED) is 0.689. The Morgan fingerprint density at radius 3 is 2.50 bits per heavy atom. The second kappa shape index (κ2) is 6.12. The molecule has 2 nitrogen and oxygen atoms in total. The summed E-state index contributed by atoms with van der Waals surface area (Å²) in [7, 11) is 0. The Labute approximate surface area is 129 Å². The normalized spacial score (nSPS) is 10.1. The molecule has 0 bridgehead atoms. The predicted molar refractivity (Wildman–Crippen MR) is 88.5 cm³/mol. The minimum absolute atomic E-state index is 0. The van der Waals surface area contributed by atoms with E-state index in [1.807, 2.05) is 61.5 Å². The fraction of sp³-hybridized carbons (Fsp3) is 0.0625. The Bertz CT molecular complexity index is 727. The zero-order valence-electron chi connectivity index (χ0n) is 10.9. The van der Waals surface area contributed by atoms with Crippen molar-refractivity contribution in [3.63, 3.8) is 0 Å². The van der Waals surface area contributed by atoms with Crippen LogP contribution in [0.2, 0.25) is 5.02 Å². The van der Waals surface area contributed by atoms with Crippen LogP contribution in [0, 0.1) is 6.92 Å². The van der Waals surface area contributed by atoms with Crippen molar-refractivity contribution < 1.29 is 0 Å². The summed E-state index contributed by atoms with van der Waals surface area (Å²) in [4.78, 5) is 4.52. The number of aromatic nitrogens is 1. The molecule has 0 saturated carbocycles. The van der Waals surface area contributed by atoms with Crippen molar-refractivity contribution in [1.29, 1.82) is 0 Å². The van der Waals surface area contributed by atoms with Gasteiger partial charge >= 0.3 is 0 Å². The van der Waals surface area contributed by atoms with E-state index < -0.39 is 0 Å². The highest BCUT2D eigenvalue weighted by molar-refractivity contribution is 6.31. The number of anilines is 2. The van der Waals surface area contributed by atoms with Gasteiger partial charge in [-0.25, -0.2) is 0 Å². The first-order chi connectivity index (χ1) is 9.22. The van der Waals surface area contributed by atoms with Gasteiger partial charge in [0.05, 0.1) is 5.52 Å². The molecule has 0 atom stereocenters. The van der Waals surface area contributed by atoms with E-state index in [2.05, 4.69) is 10.3 Å². The molecule has 0 amide bonds. The average Bonchev–Trinajstić information content (AvgIpc) is 2.41. The summed E-state index contributed by atoms with van der Waals surface area (Å²) in [5.41, 5.74) is 4.00. The molecule has 20 heavy (non-hydrogen) atoms. The van der Waals surface area contributed by atoms with Crippen LogP contribution in [0.3, 0.4) is 0 Å². The number of halogens is 2. The third-order valence-corrected chi connectivity index (χ3v) is 3.19. The summed E-state index contributed by atoms with van der Waals surface area (Å²) in [6.07, 6.45) is 0. The highest BCUT2D eigenvalue weighted by atomic mass is 35.5. The maximum absolute atomic E-state index is 6.08. The number of nitrogens with zero attached hydrogens (tertiary/aromatic N) is 1. The van der Waals surface area contributed by atoms with E-state index >= 15 is 0 Å². The van der Waals surface area contributed by atoms with E-state index in [9.17, 15) is 0 Å². The number of benzene rings is 2. The molecule has 3 aromatic rings. The van der Waals surface area contributed by atoms with Crippen LogP contribution in [-0.2, 0) is 0 Å². The summed E-state index contributed by atoms with van der Waals surface area (Å²) < 4.78 is 0. The van der Waals surface area contributed by atoms with Crippen molar-refractivity contribution in [2.45, 2.75) is 6.92 Å². The molecule has 0 radical (unpaired) electrons. The first-order valence-corrected chi connectivity index (χ1v) is 6.49. The van der Waals surface area contributed by atoms with Crippen molar-refractivity contribution in [3.8, 4) is 0 Å². The van der Waals surface area contributed by atoms with Crippen LogP contribution in [0.15, 0.2) is 54.6 Å². The lowest BCUT2D eigenvalue weighted by Crippen LogP contribution is -1.94. The Morgan fingerprint density at radius 1 is 1.00 bits per heavy atom. The second-order valence-electron chi connectivity index (χ2n) is 4.46. The smallest absolute Gasteiger partial charge is 0.0727 e. The number of rotatable bonds is 2. The second-order valence-corrected chi connectivity index (χ2v) is 4.90. The summed E-state index contributed by atoms with van der Waals surface area (Å²) in [5.74, 6) is 0. The topological polar surface area (TPSA) is 24.9 Å². The maximum Gasteiger partial charge on any atom is 0.0727 e. The molecule has 0 saturated heterocycles. The van der Waals surface area contributed by atoms with Crippen LogP contribution in [0.25, 0.3) is 10.9 Å². The number of hydrogen-bond donors (Lipinski definition) is 1. The van der Waals surface area contributed by atoms with Gasteiger partial charge in [0.15, 0.2) is 0 Å². The first-order valence-electron chi connectivity index (χ1n) is 6.11. The van der Waals surface area contributed by atoms with E-state index in [0.717, 1.165) is 28.0 Å². The Kier molecular flexibility index (Phi) is 4.48. The third-order valence-electron chi connectivity index (χ3n) is 2.95. The molecule has 1 N–H and O–H groups in total. The van der Waals surface area contributed by atoms with Crippen LogP contribution < -0.4 is 5.32 Å². The van der Waals surface area contributed by atoms with E-state index in [-0.39, 0.29) is 12.4 Å². The zero-order valence-corrected chi connectivity index (χ0v) is 12.5. The van der Waals surface area contributed by atoms with Crippen molar-refractivity contribution in [2.75, 3.05) is 5.32 Å². The van der Waals surface area contributed by atoms with Crippen molar-refractivity contribution in [1.82, 2.24) is 4.98 Å². The third kappa shape index (κ3) is 3.03. The molecule has 4 heteroatoms. The number of fused-ring (bicyclic) bond motifs is 1. The van der Waals surface area contributed by atoms with Crippen LogP contribution >= 0.6 is 24.0 Å². The fourth-order valence-electron chi connectivity index (χ4n) is 2.11. The van der Waals surface area contributed by atoms with Gasteiger partial charge in [0.25, 0.3) is 0 Å². The molecule has 0 spiro atoms. The van der Waals surface area contributed by atoms with Gasteiger partial charge in [-0.05, 0) is 43.3 Å². The van der Waals surface area contributed by atoms with Gasteiger partial charge in [-0.15, -0.1) is 12.4 Å². The summed E-state index contributed by atoms with van der Waals surface area (Å²) in [6.45, 7) is 1.99. The van der Waals surface area contributed by atoms with Crippen molar-refractivity contribution >= 4 is 46.3 Å².